The monoisotopic (exact) mass is 285 g/mol. The van der Waals surface area contributed by atoms with E-state index < -0.39 is 5.97 Å². The molecule has 4 nitrogen and oxygen atoms in total. The Balaban J connectivity index is 2.51. The van der Waals surface area contributed by atoms with Crippen molar-refractivity contribution < 1.29 is 14.6 Å². The lowest BCUT2D eigenvalue weighted by molar-refractivity contribution is -0.137. The molecule has 5 heteroatoms. The number of carbonyl (C=O) groups is 1. The van der Waals surface area contributed by atoms with Crippen molar-refractivity contribution in [2.45, 2.75) is 39.3 Å². The fourth-order valence-electron chi connectivity index (χ4n) is 1.64. The number of rotatable bonds is 8. The molecule has 0 aliphatic carbocycles. The second-order valence-electron chi connectivity index (χ2n) is 4.59. The van der Waals surface area contributed by atoms with Gasteiger partial charge in [0, 0.05) is 23.6 Å². The number of carboxylic acid groups (broad SMARTS) is 1. The molecule has 106 valence electrons. The summed E-state index contributed by atoms with van der Waals surface area (Å²) in [5.41, 5.74) is 0.983. The lowest BCUT2D eigenvalue weighted by atomic mass is 10.2. The minimum absolute atomic E-state index is 0.104. The summed E-state index contributed by atoms with van der Waals surface area (Å²) in [6.45, 7) is 5.21. The molecule has 0 aliphatic rings. The van der Waals surface area contributed by atoms with E-state index >= 15 is 0 Å². The molecule has 1 aromatic rings. The zero-order chi connectivity index (χ0) is 14.3. The van der Waals surface area contributed by atoms with E-state index in [2.05, 4.69) is 5.32 Å². The van der Waals surface area contributed by atoms with Crippen LogP contribution < -0.4 is 10.1 Å². The van der Waals surface area contributed by atoms with Crippen molar-refractivity contribution >= 4 is 17.6 Å². The summed E-state index contributed by atoms with van der Waals surface area (Å²) in [5.74, 6) is 0.0403. The zero-order valence-electron chi connectivity index (χ0n) is 11.3. The molecule has 0 atom stereocenters. The Morgan fingerprint density at radius 1 is 1.47 bits per heavy atom. The molecule has 19 heavy (non-hydrogen) atoms. The summed E-state index contributed by atoms with van der Waals surface area (Å²) in [6.07, 6.45) is 0.890. The van der Waals surface area contributed by atoms with Gasteiger partial charge in [0.15, 0.2) is 0 Å². The third-order valence-electron chi connectivity index (χ3n) is 2.44. The van der Waals surface area contributed by atoms with Crippen molar-refractivity contribution in [1.82, 2.24) is 5.32 Å². The zero-order valence-corrected chi connectivity index (χ0v) is 12.0. The molecule has 0 fully saturated rings. The quantitative estimate of drug-likeness (QED) is 0.721. The van der Waals surface area contributed by atoms with Crippen LogP contribution in [0.5, 0.6) is 5.75 Å². The third-order valence-corrected chi connectivity index (χ3v) is 2.68. The lowest BCUT2D eigenvalue weighted by Gasteiger charge is -2.15. The smallest absolute Gasteiger partial charge is 0.303 e. The van der Waals surface area contributed by atoms with Crippen molar-refractivity contribution in [3.8, 4) is 5.75 Å². The number of ether oxygens (including phenoxy) is 1. The summed E-state index contributed by atoms with van der Waals surface area (Å²) in [7, 11) is 0. The van der Waals surface area contributed by atoms with Gasteiger partial charge in [-0.05, 0) is 45.0 Å². The van der Waals surface area contributed by atoms with E-state index in [4.69, 9.17) is 21.4 Å². The highest BCUT2D eigenvalue weighted by Crippen LogP contribution is 2.23. The van der Waals surface area contributed by atoms with Gasteiger partial charge >= 0.3 is 5.97 Å². The predicted molar refractivity (Wildman–Crippen MR) is 75.8 cm³/mol. The van der Waals surface area contributed by atoms with Crippen molar-refractivity contribution in [1.29, 1.82) is 0 Å². The summed E-state index contributed by atoms with van der Waals surface area (Å²) in [5, 5.41) is 12.4. The number of carboxylic acids is 1. The number of nitrogens with one attached hydrogen (secondary N) is 1. The molecule has 1 aromatic carbocycles. The molecule has 0 amide bonds. The molecule has 0 aliphatic heterocycles. The van der Waals surface area contributed by atoms with Crippen LogP contribution >= 0.6 is 11.6 Å². The fourth-order valence-corrected chi connectivity index (χ4v) is 1.84. The molecule has 0 heterocycles. The van der Waals surface area contributed by atoms with Crippen molar-refractivity contribution in [2.24, 2.45) is 0 Å². The molecular weight excluding hydrogens is 266 g/mol. The fraction of sp³-hybridized carbons (Fsp3) is 0.500. The Labute approximate surface area is 118 Å². The Morgan fingerprint density at radius 2 is 2.21 bits per heavy atom. The molecule has 0 bridgehead atoms. The Hall–Kier alpha value is -1.26. The third kappa shape index (κ3) is 6.45. The first kappa shape index (κ1) is 15.8. The van der Waals surface area contributed by atoms with Crippen LogP contribution in [-0.4, -0.2) is 23.7 Å². The predicted octanol–water partition coefficient (Wildman–Crippen LogP) is 3.08. The summed E-state index contributed by atoms with van der Waals surface area (Å²) < 4.78 is 5.70. The number of hydrogen-bond donors (Lipinski definition) is 2. The molecule has 0 aromatic heterocycles. The van der Waals surface area contributed by atoms with Crippen LogP contribution in [0.25, 0.3) is 0 Å². The average Bonchev–Trinajstić information content (AvgIpc) is 2.31. The molecular formula is C14H20ClNO3. The average molecular weight is 286 g/mol. The van der Waals surface area contributed by atoms with Crippen molar-refractivity contribution in [3.63, 3.8) is 0 Å². The first-order chi connectivity index (χ1) is 8.99. The topological polar surface area (TPSA) is 58.6 Å². The minimum Gasteiger partial charge on any atom is -0.491 e. The number of benzene rings is 1. The molecule has 1 rings (SSSR count). The van der Waals surface area contributed by atoms with Gasteiger partial charge in [0.1, 0.15) is 5.75 Å². The van der Waals surface area contributed by atoms with E-state index in [1.807, 2.05) is 26.0 Å². The Morgan fingerprint density at radius 3 is 2.84 bits per heavy atom. The van der Waals surface area contributed by atoms with Crippen LogP contribution in [-0.2, 0) is 11.3 Å². The largest absolute Gasteiger partial charge is 0.491 e. The Bertz CT molecular complexity index is 421. The van der Waals surface area contributed by atoms with Gasteiger partial charge < -0.3 is 15.2 Å². The molecule has 2 N–H and O–H groups in total. The second kappa shape index (κ2) is 8.02. The molecule has 0 saturated heterocycles. The number of halogens is 1. The van der Waals surface area contributed by atoms with E-state index in [1.54, 1.807) is 6.07 Å². The first-order valence-electron chi connectivity index (χ1n) is 6.36. The molecule has 0 saturated carbocycles. The maximum Gasteiger partial charge on any atom is 0.303 e. The van der Waals surface area contributed by atoms with Gasteiger partial charge in [-0.2, -0.15) is 0 Å². The van der Waals surface area contributed by atoms with Crippen LogP contribution in [0.2, 0.25) is 5.02 Å². The SMILES string of the molecule is CC(C)Oc1ccc(Cl)cc1CNCCCC(=O)O. The molecule has 0 unspecified atom stereocenters. The van der Waals surface area contributed by atoms with Gasteiger partial charge in [-0.3, -0.25) is 4.79 Å². The van der Waals surface area contributed by atoms with E-state index in [9.17, 15) is 4.79 Å². The lowest BCUT2D eigenvalue weighted by Crippen LogP contribution is -2.17. The number of aliphatic carboxylic acids is 1. The minimum atomic E-state index is -0.770. The highest BCUT2D eigenvalue weighted by Gasteiger charge is 2.06. The first-order valence-corrected chi connectivity index (χ1v) is 6.74. The van der Waals surface area contributed by atoms with E-state index in [-0.39, 0.29) is 12.5 Å². The van der Waals surface area contributed by atoms with Gasteiger partial charge in [-0.1, -0.05) is 11.6 Å². The standard InChI is InChI=1S/C14H20ClNO3/c1-10(2)19-13-6-5-12(15)8-11(13)9-16-7-3-4-14(17)18/h5-6,8,10,16H,3-4,7,9H2,1-2H3,(H,17,18). The van der Waals surface area contributed by atoms with Gasteiger partial charge in [-0.15, -0.1) is 0 Å². The summed E-state index contributed by atoms with van der Waals surface area (Å²) in [6, 6.07) is 5.52. The van der Waals surface area contributed by atoms with Gasteiger partial charge in [-0.25, -0.2) is 0 Å². The van der Waals surface area contributed by atoms with Crippen LogP contribution in [0, 0.1) is 0 Å². The maximum atomic E-state index is 10.4. The van der Waals surface area contributed by atoms with Gasteiger partial charge in [0.05, 0.1) is 6.10 Å². The van der Waals surface area contributed by atoms with E-state index in [1.165, 1.54) is 0 Å². The van der Waals surface area contributed by atoms with Crippen LogP contribution in [0.3, 0.4) is 0 Å². The van der Waals surface area contributed by atoms with E-state index in [0.29, 0.717) is 24.5 Å². The normalized spacial score (nSPS) is 10.7. The Kier molecular flexibility index (Phi) is 6.67. The summed E-state index contributed by atoms with van der Waals surface area (Å²) in [4.78, 5) is 10.4. The maximum absolute atomic E-state index is 10.4. The summed E-state index contributed by atoms with van der Waals surface area (Å²) >= 11 is 5.97. The van der Waals surface area contributed by atoms with Gasteiger partial charge in [0.25, 0.3) is 0 Å². The van der Waals surface area contributed by atoms with Crippen molar-refractivity contribution in [3.05, 3.63) is 28.8 Å². The van der Waals surface area contributed by atoms with Crippen LogP contribution in [0.4, 0.5) is 0 Å². The van der Waals surface area contributed by atoms with Crippen molar-refractivity contribution in [2.75, 3.05) is 6.54 Å². The van der Waals surface area contributed by atoms with Crippen LogP contribution in [0.1, 0.15) is 32.3 Å². The second-order valence-corrected chi connectivity index (χ2v) is 5.03. The van der Waals surface area contributed by atoms with Crippen LogP contribution in [0.15, 0.2) is 18.2 Å². The van der Waals surface area contributed by atoms with E-state index in [0.717, 1.165) is 11.3 Å². The molecule has 0 radical (unpaired) electrons. The highest BCUT2D eigenvalue weighted by atomic mass is 35.5. The highest BCUT2D eigenvalue weighted by molar-refractivity contribution is 6.30. The number of hydrogen-bond acceptors (Lipinski definition) is 3. The van der Waals surface area contributed by atoms with Gasteiger partial charge in [0.2, 0.25) is 0 Å². The molecule has 0 spiro atoms.